The molecule has 0 spiro atoms. The summed E-state index contributed by atoms with van der Waals surface area (Å²) in [6, 6.07) is 13.2. The SMILES string of the molecule is CCN(c1cccc(C)c1)c1cnc(C(=O)Nc2ccc(OC)c(Cl)c2)cn1. The Hall–Kier alpha value is -3.12. The minimum absolute atomic E-state index is 0.219. The summed E-state index contributed by atoms with van der Waals surface area (Å²) >= 11 is 6.09. The van der Waals surface area contributed by atoms with E-state index < -0.39 is 0 Å². The Morgan fingerprint density at radius 2 is 2.00 bits per heavy atom. The summed E-state index contributed by atoms with van der Waals surface area (Å²) in [4.78, 5) is 23.2. The molecule has 7 heteroatoms. The van der Waals surface area contributed by atoms with Gasteiger partial charge in [-0.2, -0.15) is 0 Å². The van der Waals surface area contributed by atoms with E-state index in [0.29, 0.717) is 22.3 Å². The highest BCUT2D eigenvalue weighted by Crippen LogP contribution is 2.27. The Morgan fingerprint density at radius 1 is 1.18 bits per heavy atom. The van der Waals surface area contributed by atoms with Crippen LogP contribution in [0.1, 0.15) is 23.0 Å². The number of methoxy groups -OCH3 is 1. The number of halogens is 1. The Bertz CT molecular complexity index is 976. The number of rotatable bonds is 6. The van der Waals surface area contributed by atoms with Crippen molar-refractivity contribution in [3.63, 3.8) is 0 Å². The molecule has 0 unspecified atom stereocenters. The molecule has 28 heavy (non-hydrogen) atoms. The lowest BCUT2D eigenvalue weighted by atomic mass is 10.2. The second-order valence-corrected chi connectivity index (χ2v) is 6.55. The molecule has 0 aliphatic heterocycles. The van der Waals surface area contributed by atoms with Crippen molar-refractivity contribution in [3.8, 4) is 5.75 Å². The summed E-state index contributed by atoms with van der Waals surface area (Å²) in [5, 5.41) is 3.17. The number of benzene rings is 2. The van der Waals surface area contributed by atoms with Crippen LogP contribution >= 0.6 is 11.6 Å². The van der Waals surface area contributed by atoms with Gasteiger partial charge in [0.25, 0.3) is 5.91 Å². The number of amides is 1. The maximum absolute atomic E-state index is 12.4. The van der Waals surface area contributed by atoms with E-state index >= 15 is 0 Å². The zero-order chi connectivity index (χ0) is 20.1. The van der Waals surface area contributed by atoms with Crippen molar-refractivity contribution in [1.82, 2.24) is 9.97 Å². The molecule has 1 N–H and O–H groups in total. The summed E-state index contributed by atoms with van der Waals surface area (Å²) in [6.45, 7) is 4.81. The number of aromatic nitrogens is 2. The maximum atomic E-state index is 12.4. The fraction of sp³-hybridized carbons (Fsp3) is 0.190. The van der Waals surface area contributed by atoms with Gasteiger partial charge in [0.2, 0.25) is 0 Å². The molecule has 0 bridgehead atoms. The second-order valence-electron chi connectivity index (χ2n) is 6.15. The van der Waals surface area contributed by atoms with E-state index in [-0.39, 0.29) is 11.6 Å². The molecule has 6 nitrogen and oxygen atoms in total. The van der Waals surface area contributed by atoms with Crippen molar-refractivity contribution in [2.45, 2.75) is 13.8 Å². The van der Waals surface area contributed by atoms with E-state index in [2.05, 4.69) is 21.4 Å². The van der Waals surface area contributed by atoms with Crippen molar-refractivity contribution < 1.29 is 9.53 Å². The second kappa shape index (κ2) is 8.71. The fourth-order valence-electron chi connectivity index (χ4n) is 2.79. The largest absolute Gasteiger partial charge is 0.495 e. The lowest BCUT2D eigenvalue weighted by Gasteiger charge is -2.22. The molecule has 1 aromatic heterocycles. The van der Waals surface area contributed by atoms with Gasteiger partial charge in [0.1, 0.15) is 11.4 Å². The average Bonchev–Trinajstić information content (AvgIpc) is 2.69. The van der Waals surface area contributed by atoms with Crippen LogP contribution in [0, 0.1) is 6.92 Å². The molecule has 3 rings (SSSR count). The third kappa shape index (κ3) is 4.40. The summed E-state index contributed by atoms with van der Waals surface area (Å²) in [5.41, 5.74) is 2.97. The fourth-order valence-corrected chi connectivity index (χ4v) is 3.05. The molecule has 3 aromatic rings. The zero-order valence-corrected chi connectivity index (χ0v) is 16.7. The smallest absolute Gasteiger partial charge is 0.275 e. The van der Waals surface area contributed by atoms with Gasteiger partial charge in [0, 0.05) is 17.9 Å². The normalized spacial score (nSPS) is 10.4. The summed E-state index contributed by atoms with van der Waals surface area (Å²) < 4.78 is 5.11. The van der Waals surface area contributed by atoms with E-state index in [9.17, 15) is 4.79 Å². The zero-order valence-electron chi connectivity index (χ0n) is 15.9. The predicted octanol–water partition coefficient (Wildman–Crippen LogP) is 4.86. The molecular weight excluding hydrogens is 376 g/mol. The van der Waals surface area contributed by atoms with Crippen LogP contribution in [0.2, 0.25) is 5.02 Å². The van der Waals surface area contributed by atoms with Gasteiger partial charge in [0.05, 0.1) is 24.5 Å². The van der Waals surface area contributed by atoms with E-state index in [0.717, 1.165) is 17.8 Å². The van der Waals surface area contributed by atoms with Crippen LogP contribution in [-0.4, -0.2) is 29.5 Å². The molecule has 144 valence electrons. The Labute approximate surface area is 169 Å². The lowest BCUT2D eigenvalue weighted by Crippen LogP contribution is -2.19. The van der Waals surface area contributed by atoms with Crippen LogP contribution in [0.25, 0.3) is 0 Å². The Kier molecular flexibility index (Phi) is 6.11. The highest BCUT2D eigenvalue weighted by atomic mass is 35.5. The van der Waals surface area contributed by atoms with Crippen molar-refractivity contribution in [2.24, 2.45) is 0 Å². The van der Waals surface area contributed by atoms with Gasteiger partial charge >= 0.3 is 0 Å². The van der Waals surface area contributed by atoms with Gasteiger partial charge in [-0.05, 0) is 49.7 Å². The first-order valence-electron chi connectivity index (χ1n) is 8.83. The highest BCUT2D eigenvalue weighted by molar-refractivity contribution is 6.32. The maximum Gasteiger partial charge on any atom is 0.275 e. The molecule has 0 saturated heterocycles. The molecule has 0 radical (unpaired) electrons. The number of hydrogen-bond acceptors (Lipinski definition) is 5. The number of anilines is 3. The monoisotopic (exact) mass is 396 g/mol. The molecule has 0 aliphatic rings. The van der Waals surface area contributed by atoms with Crippen LogP contribution in [0.4, 0.5) is 17.2 Å². The molecule has 1 heterocycles. The number of ether oxygens (including phenoxy) is 1. The Morgan fingerprint density at radius 3 is 2.61 bits per heavy atom. The van der Waals surface area contributed by atoms with Crippen LogP contribution in [-0.2, 0) is 0 Å². The molecular formula is C21H21ClN4O2. The highest BCUT2D eigenvalue weighted by Gasteiger charge is 2.13. The molecule has 0 atom stereocenters. The standard InChI is InChI=1S/C21H21ClN4O2/c1-4-26(16-7-5-6-14(2)10-16)20-13-23-18(12-24-20)21(27)25-15-8-9-19(28-3)17(22)11-15/h5-13H,4H2,1-3H3,(H,25,27). The first kappa shape index (κ1) is 19.6. The molecule has 0 aliphatic carbocycles. The summed E-state index contributed by atoms with van der Waals surface area (Å²) in [6.07, 6.45) is 3.07. The molecule has 2 aromatic carbocycles. The minimum atomic E-state index is -0.362. The molecule has 0 saturated carbocycles. The van der Waals surface area contributed by atoms with Crippen LogP contribution in [0.15, 0.2) is 54.9 Å². The first-order valence-corrected chi connectivity index (χ1v) is 9.20. The van der Waals surface area contributed by atoms with E-state index in [1.807, 2.05) is 36.9 Å². The van der Waals surface area contributed by atoms with Crippen molar-refractivity contribution in [1.29, 1.82) is 0 Å². The summed E-state index contributed by atoms with van der Waals surface area (Å²) in [7, 11) is 1.53. The van der Waals surface area contributed by atoms with Crippen LogP contribution in [0.5, 0.6) is 5.75 Å². The van der Waals surface area contributed by atoms with Gasteiger partial charge < -0.3 is 15.0 Å². The van der Waals surface area contributed by atoms with Crippen molar-refractivity contribution in [3.05, 3.63) is 71.1 Å². The number of nitrogens with zero attached hydrogens (tertiary/aromatic N) is 3. The van der Waals surface area contributed by atoms with Gasteiger partial charge in [-0.1, -0.05) is 23.7 Å². The quantitative estimate of drug-likeness (QED) is 0.644. The lowest BCUT2D eigenvalue weighted by molar-refractivity contribution is 0.102. The molecule has 0 fully saturated rings. The van der Waals surface area contributed by atoms with Gasteiger partial charge in [0.15, 0.2) is 5.82 Å². The number of carbonyl (C=O) groups is 1. The summed E-state index contributed by atoms with van der Waals surface area (Å²) in [5.74, 6) is 0.857. The average molecular weight is 397 g/mol. The van der Waals surface area contributed by atoms with Gasteiger partial charge in [-0.15, -0.1) is 0 Å². The van der Waals surface area contributed by atoms with Crippen molar-refractivity contribution >= 4 is 34.7 Å². The minimum Gasteiger partial charge on any atom is -0.495 e. The first-order chi connectivity index (χ1) is 13.5. The van der Waals surface area contributed by atoms with Crippen molar-refractivity contribution in [2.75, 3.05) is 23.9 Å². The Balaban J connectivity index is 1.76. The topological polar surface area (TPSA) is 67.4 Å². The molecule has 1 amide bonds. The van der Waals surface area contributed by atoms with Crippen LogP contribution < -0.4 is 15.0 Å². The number of hydrogen-bond donors (Lipinski definition) is 1. The van der Waals surface area contributed by atoms with E-state index in [4.69, 9.17) is 16.3 Å². The van der Waals surface area contributed by atoms with Gasteiger partial charge in [-0.3, -0.25) is 4.79 Å². The van der Waals surface area contributed by atoms with E-state index in [1.165, 1.54) is 13.3 Å². The number of carbonyl (C=O) groups excluding carboxylic acids is 1. The third-order valence-corrected chi connectivity index (χ3v) is 4.48. The van der Waals surface area contributed by atoms with Gasteiger partial charge in [-0.25, -0.2) is 9.97 Å². The third-order valence-electron chi connectivity index (χ3n) is 4.19. The van der Waals surface area contributed by atoms with E-state index in [1.54, 1.807) is 24.4 Å². The number of aryl methyl sites for hydroxylation is 1. The predicted molar refractivity (Wildman–Crippen MR) is 112 cm³/mol. The van der Waals surface area contributed by atoms with Crippen LogP contribution in [0.3, 0.4) is 0 Å². The number of nitrogens with one attached hydrogen (secondary N) is 1.